The Morgan fingerprint density at radius 2 is 2.14 bits per heavy atom. The Kier molecular flexibility index (Phi) is 4.98. The van der Waals surface area contributed by atoms with Crippen molar-refractivity contribution in [1.82, 2.24) is 4.98 Å². The van der Waals surface area contributed by atoms with Crippen LogP contribution in [0.4, 0.5) is 10.8 Å². The van der Waals surface area contributed by atoms with E-state index in [1.54, 1.807) is 11.8 Å². The molecule has 110 valence electrons. The number of Topliss-reactive ketones (excluding diaryl/α,β-unsaturated/α-hetero) is 1. The van der Waals surface area contributed by atoms with Gasteiger partial charge in [-0.05, 0) is 24.5 Å². The number of carbonyl (C=O) groups is 2. The fourth-order valence-electron chi connectivity index (χ4n) is 1.67. The van der Waals surface area contributed by atoms with Crippen molar-refractivity contribution in [3.05, 3.63) is 34.8 Å². The molecule has 0 saturated carbocycles. The highest BCUT2D eigenvalue weighted by Crippen LogP contribution is 2.28. The summed E-state index contributed by atoms with van der Waals surface area (Å²) in [4.78, 5) is 28.8. The minimum atomic E-state index is -0.609. The molecule has 5 nitrogen and oxygen atoms in total. The van der Waals surface area contributed by atoms with Crippen molar-refractivity contribution in [3.63, 3.8) is 0 Å². The highest BCUT2D eigenvalue weighted by molar-refractivity contribution is 7.98. The lowest BCUT2D eigenvalue weighted by molar-refractivity contribution is 0.0591. The number of rotatable bonds is 5. The summed E-state index contributed by atoms with van der Waals surface area (Å²) in [6.45, 7) is 1.40. The summed E-state index contributed by atoms with van der Waals surface area (Å²) in [5.41, 5.74) is 0.903. The Morgan fingerprint density at radius 1 is 1.38 bits per heavy atom. The largest absolute Gasteiger partial charge is 0.464 e. The highest BCUT2D eigenvalue weighted by atomic mass is 32.2. The first-order valence-electron chi connectivity index (χ1n) is 6.06. The molecule has 0 fully saturated rings. The summed E-state index contributed by atoms with van der Waals surface area (Å²) in [6.07, 6.45) is 1.99. The zero-order valence-corrected chi connectivity index (χ0v) is 13.4. The zero-order valence-electron chi connectivity index (χ0n) is 11.8. The van der Waals surface area contributed by atoms with Crippen LogP contribution in [0, 0.1) is 0 Å². The van der Waals surface area contributed by atoms with Crippen molar-refractivity contribution in [3.8, 4) is 0 Å². The van der Waals surface area contributed by atoms with E-state index >= 15 is 0 Å². The van der Waals surface area contributed by atoms with Gasteiger partial charge in [0, 0.05) is 17.5 Å². The average molecular weight is 322 g/mol. The number of ketones is 1. The number of nitrogens with one attached hydrogen (secondary N) is 1. The number of aromatic nitrogens is 1. The Balaban J connectivity index is 2.32. The van der Waals surface area contributed by atoms with Crippen LogP contribution >= 0.6 is 23.1 Å². The van der Waals surface area contributed by atoms with Gasteiger partial charge in [-0.15, -0.1) is 11.8 Å². The van der Waals surface area contributed by atoms with E-state index in [1.165, 1.54) is 14.0 Å². The second-order valence-electron chi connectivity index (χ2n) is 4.10. The summed E-state index contributed by atoms with van der Waals surface area (Å²) < 4.78 is 4.65. The molecular formula is C14H14N2O3S2. The van der Waals surface area contributed by atoms with Crippen molar-refractivity contribution < 1.29 is 14.3 Å². The van der Waals surface area contributed by atoms with Crippen LogP contribution in [0.1, 0.15) is 27.1 Å². The van der Waals surface area contributed by atoms with Crippen molar-refractivity contribution in [1.29, 1.82) is 0 Å². The first-order chi connectivity index (χ1) is 10.0. The van der Waals surface area contributed by atoms with Gasteiger partial charge in [-0.3, -0.25) is 4.79 Å². The minimum absolute atomic E-state index is 0.0542. The second kappa shape index (κ2) is 6.73. The zero-order chi connectivity index (χ0) is 15.4. The van der Waals surface area contributed by atoms with Gasteiger partial charge < -0.3 is 10.1 Å². The maximum absolute atomic E-state index is 11.6. The number of thiazole rings is 1. The predicted molar refractivity (Wildman–Crippen MR) is 85.0 cm³/mol. The van der Waals surface area contributed by atoms with E-state index in [1.807, 2.05) is 30.5 Å². The predicted octanol–water partition coefficient (Wildman–Crippen LogP) is 3.60. The molecule has 1 heterocycles. The fraction of sp³-hybridized carbons (Fsp3) is 0.214. The molecule has 0 bridgehead atoms. The summed E-state index contributed by atoms with van der Waals surface area (Å²) in [5, 5.41) is 3.59. The Labute approximate surface area is 130 Å². The van der Waals surface area contributed by atoms with Gasteiger partial charge in [0.2, 0.25) is 0 Å². The number of hydrogen-bond donors (Lipinski definition) is 1. The molecule has 0 saturated heterocycles. The van der Waals surface area contributed by atoms with Gasteiger partial charge >= 0.3 is 5.97 Å². The molecule has 21 heavy (non-hydrogen) atoms. The monoisotopic (exact) mass is 322 g/mol. The lowest BCUT2D eigenvalue weighted by Gasteiger charge is -2.03. The maximum atomic E-state index is 11.6. The van der Waals surface area contributed by atoms with E-state index in [4.69, 9.17) is 0 Å². The van der Waals surface area contributed by atoms with E-state index in [0.29, 0.717) is 10.0 Å². The van der Waals surface area contributed by atoms with Crippen LogP contribution in [-0.2, 0) is 4.74 Å². The number of esters is 1. The number of anilines is 2. The number of hydrogen-bond acceptors (Lipinski definition) is 7. The number of methoxy groups -OCH3 is 1. The highest BCUT2D eigenvalue weighted by Gasteiger charge is 2.21. The van der Waals surface area contributed by atoms with Crippen molar-refractivity contribution in [2.75, 3.05) is 18.7 Å². The summed E-state index contributed by atoms with van der Waals surface area (Å²) in [7, 11) is 1.26. The van der Waals surface area contributed by atoms with Crippen molar-refractivity contribution in [2.24, 2.45) is 0 Å². The molecule has 1 N–H and O–H groups in total. The number of nitrogens with zero attached hydrogens (tertiary/aromatic N) is 1. The topological polar surface area (TPSA) is 68.3 Å². The normalized spacial score (nSPS) is 10.2. The van der Waals surface area contributed by atoms with E-state index in [0.717, 1.165) is 21.9 Å². The van der Waals surface area contributed by atoms with Crippen LogP contribution in [0.5, 0.6) is 0 Å². The van der Waals surface area contributed by atoms with Crippen molar-refractivity contribution in [2.45, 2.75) is 11.8 Å². The van der Waals surface area contributed by atoms with Gasteiger partial charge in [0.1, 0.15) is 4.88 Å². The molecule has 0 spiro atoms. The molecule has 1 aromatic heterocycles. The lowest BCUT2D eigenvalue weighted by Crippen LogP contribution is -2.07. The molecule has 2 aromatic rings. The second-order valence-corrected chi connectivity index (χ2v) is 5.98. The van der Waals surface area contributed by atoms with Gasteiger partial charge in [0.25, 0.3) is 0 Å². The van der Waals surface area contributed by atoms with Crippen LogP contribution in [0.3, 0.4) is 0 Å². The molecular weight excluding hydrogens is 308 g/mol. The molecule has 0 aliphatic rings. The minimum Gasteiger partial charge on any atom is -0.464 e. The van der Waals surface area contributed by atoms with Crippen molar-refractivity contribution >= 4 is 45.7 Å². The summed E-state index contributed by atoms with van der Waals surface area (Å²) in [6, 6.07) is 7.79. The van der Waals surface area contributed by atoms with Gasteiger partial charge in [-0.25, -0.2) is 9.78 Å². The van der Waals surface area contributed by atoms with E-state index < -0.39 is 5.97 Å². The Morgan fingerprint density at radius 3 is 2.76 bits per heavy atom. The van der Waals surface area contributed by atoms with Gasteiger partial charge in [-0.1, -0.05) is 17.4 Å². The third-order valence-electron chi connectivity index (χ3n) is 2.65. The van der Waals surface area contributed by atoms with Crippen LogP contribution < -0.4 is 5.32 Å². The number of benzene rings is 1. The third kappa shape index (κ3) is 3.62. The summed E-state index contributed by atoms with van der Waals surface area (Å²) >= 11 is 2.77. The Bertz CT molecular complexity index is 683. The molecule has 1 aromatic carbocycles. The average Bonchev–Trinajstić information content (AvgIpc) is 2.90. The molecule has 0 amide bonds. The molecule has 0 radical (unpaired) electrons. The molecule has 0 aliphatic carbocycles. The smallest absolute Gasteiger partial charge is 0.358 e. The summed E-state index contributed by atoms with van der Waals surface area (Å²) in [5.74, 6) is -0.818. The van der Waals surface area contributed by atoms with Crippen LogP contribution in [-0.4, -0.2) is 30.1 Å². The van der Waals surface area contributed by atoms with Crippen LogP contribution in [0.15, 0.2) is 29.2 Å². The molecule has 0 atom stereocenters. The molecule has 2 rings (SSSR count). The molecule has 7 heteroatoms. The molecule has 0 unspecified atom stereocenters. The number of thioether (sulfide) groups is 1. The molecule has 0 aliphatic heterocycles. The third-order valence-corrected chi connectivity index (χ3v) is 4.44. The Hall–Kier alpha value is -1.86. The standard InChI is InChI=1S/C14H14N2O3S2/c1-8(17)12-11(13(18)19-2)16-14(21-12)15-9-5-4-6-10(7-9)20-3/h4-7H,1-3H3,(H,15,16). The maximum Gasteiger partial charge on any atom is 0.358 e. The van der Waals surface area contributed by atoms with Crippen LogP contribution in [0.25, 0.3) is 0 Å². The van der Waals surface area contributed by atoms with Gasteiger partial charge in [0.15, 0.2) is 16.6 Å². The van der Waals surface area contributed by atoms with E-state index in [-0.39, 0.29) is 11.5 Å². The number of ether oxygens (including phenoxy) is 1. The van der Waals surface area contributed by atoms with Crippen LogP contribution in [0.2, 0.25) is 0 Å². The number of carbonyl (C=O) groups excluding carboxylic acids is 2. The van der Waals surface area contributed by atoms with E-state index in [9.17, 15) is 9.59 Å². The quantitative estimate of drug-likeness (QED) is 0.515. The fourth-order valence-corrected chi connectivity index (χ4v) is 3.00. The van der Waals surface area contributed by atoms with E-state index in [2.05, 4.69) is 15.0 Å². The van der Waals surface area contributed by atoms with Gasteiger partial charge in [-0.2, -0.15) is 0 Å². The first-order valence-corrected chi connectivity index (χ1v) is 8.10. The van der Waals surface area contributed by atoms with Gasteiger partial charge in [0.05, 0.1) is 7.11 Å². The first kappa shape index (κ1) is 15.5. The SMILES string of the molecule is COC(=O)c1nc(Nc2cccc(SC)c2)sc1C(C)=O. The lowest BCUT2D eigenvalue weighted by atomic mass is 10.3.